The van der Waals surface area contributed by atoms with Crippen LogP contribution in [0, 0.1) is 12.8 Å². The highest BCUT2D eigenvalue weighted by atomic mass is 79.9. The number of carbonyl (C=O) groups is 2. The number of nitrogens with one attached hydrogen (secondary N) is 1. The van der Waals surface area contributed by atoms with Crippen LogP contribution >= 0.6 is 15.9 Å². The molecule has 0 aliphatic carbocycles. The van der Waals surface area contributed by atoms with Crippen molar-refractivity contribution < 1.29 is 9.59 Å². The van der Waals surface area contributed by atoms with Gasteiger partial charge in [-0.15, -0.1) is 0 Å². The molecule has 1 aliphatic rings. The van der Waals surface area contributed by atoms with Crippen LogP contribution in [-0.2, 0) is 4.79 Å². The number of piperidine rings is 1. The number of rotatable bonds is 3. The van der Waals surface area contributed by atoms with Gasteiger partial charge in [0.15, 0.2) is 0 Å². The zero-order valence-electron chi connectivity index (χ0n) is 14.0. The monoisotopic (exact) mass is 401 g/mol. The third-order valence-corrected chi connectivity index (χ3v) is 4.98. The van der Waals surface area contributed by atoms with Crippen molar-refractivity contribution in [3.63, 3.8) is 0 Å². The van der Waals surface area contributed by atoms with E-state index in [2.05, 4.69) is 26.2 Å². The van der Waals surface area contributed by atoms with E-state index in [-0.39, 0.29) is 17.7 Å². The predicted octanol–water partition coefficient (Wildman–Crippen LogP) is 3.64. The average molecular weight is 402 g/mol. The van der Waals surface area contributed by atoms with Gasteiger partial charge in [-0.25, -0.2) is 4.98 Å². The standard InChI is InChI=1S/C19H20BrN3O2/c1-13-12-15(20)5-6-16(13)19(25)23-10-7-14(8-11-23)18(24)22-17-4-2-3-9-21-17/h2-6,9,12,14H,7-8,10-11H2,1H3,(H,21,22,24). The Hall–Kier alpha value is -2.21. The minimum atomic E-state index is -0.0860. The van der Waals surface area contributed by atoms with Gasteiger partial charge in [-0.2, -0.15) is 0 Å². The van der Waals surface area contributed by atoms with Crippen LogP contribution in [0.4, 0.5) is 5.82 Å². The van der Waals surface area contributed by atoms with E-state index in [1.54, 1.807) is 12.3 Å². The number of carbonyl (C=O) groups excluding carboxylic acids is 2. The van der Waals surface area contributed by atoms with Crippen LogP contribution in [0.3, 0.4) is 0 Å². The van der Waals surface area contributed by atoms with Gasteiger partial charge in [-0.1, -0.05) is 22.0 Å². The molecule has 1 aliphatic heterocycles. The third kappa shape index (κ3) is 4.25. The van der Waals surface area contributed by atoms with Crippen LogP contribution in [-0.4, -0.2) is 34.8 Å². The van der Waals surface area contributed by atoms with Gasteiger partial charge in [0.1, 0.15) is 5.82 Å². The first-order valence-electron chi connectivity index (χ1n) is 8.32. The molecule has 25 heavy (non-hydrogen) atoms. The number of hydrogen-bond acceptors (Lipinski definition) is 3. The second-order valence-corrected chi connectivity index (χ2v) is 7.15. The van der Waals surface area contributed by atoms with Gasteiger partial charge in [0.05, 0.1) is 0 Å². The number of amides is 2. The van der Waals surface area contributed by atoms with Crippen LogP contribution in [0.15, 0.2) is 47.1 Å². The summed E-state index contributed by atoms with van der Waals surface area (Å²) in [6.45, 7) is 3.12. The molecule has 1 aromatic heterocycles. The normalized spacial score (nSPS) is 15.0. The molecule has 0 radical (unpaired) electrons. The maximum Gasteiger partial charge on any atom is 0.254 e. The zero-order chi connectivity index (χ0) is 17.8. The number of pyridine rings is 1. The van der Waals surface area contributed by atoms with Crippen molar-refractivity contribution in [1.82, 2.24) is 9.88 Å². The summed E-state index contributed by atoms with van der Waals surface area (Å²) in [5, 5.41) is 2.84. The molecule has 1 saturated heterocycles. The number of aromatic nitrogens is 1. The maximum absolute atomic E-state index is 12.7. The Balaban J connectivity index is 1.58. The van der Waals surface area contributed by atoms with Gasteiger partial charge in [-0.3, -0.25) is 9.59 Å². The Bertz CT molecular complexity index is 771. The lowest BCUT2D eigenvalue weighted by molar-refractivity contribution is -0.121. The fourth-order valence-corrected chi connectivity index (χ4v) is 3.52. The SMILES string of the molecule is Cc1cc(Br)ccc1C(=O)N1CCC(C(=O)Nc2ccccn2)CC1. The fourth-order valence-electron chi connectivity index (χ4n) is 3.05. The minimum Gasteiger partial charge on any atom is -0.339 e. The lowest BCUT2D eigenvalue weighted by atomic mass is 9.95. The highest BCUT2D eigenvalue weighted by Crippen LogP contribution is 2.23. The Morgan fingerprint density at radius 1 is 1.20 bits per heavy atom. The number of benzene rings is 1. The molecule has 2 amide bonds. The van der Waals surface area contributed by atoms with Gasteiger partial charge in [0.25, 0.3) is 5.91 Å². The van der Waals surface area contributed by atoms with Crippen molar-refractivity contribution in [2.75, 3.05) is 18.4 Å². The summed E-state index contributed by atoms with van der Waals surface area (Å²) in [5.74, 6) is 0.493. The van der Waals surface area contributed by atoms with E-state index in [9.17, 15) is 9.59 Å². The first-order valence-corrected chi connectivity index (χ1v) is 9.11. The molecule has 0 bridgehead atoms. The van der Waals surface area contributed by atoms with Crippen LogP contribution in [0.2, 0.25) is 0 Å². The maximum atomic E-state index is 12.7. The van der Waals surface area contributed by atoms with E-state index in [1.807, 2.05) is 42.2 Å². The molecular formula is C19H20BrN3O2. The fraction of sp³-hybridized carbons (Fsp3) is 0.316. The van der Waals surface area contributed by atoms with Gasteiger partial charge in [0, 0.05) is 35.2 Å². The molecule has 2 heterocycles. The molecule has 0 saturated carbocycles. The first kappa shape index (κ1) is 17.6. The van der Waals surface area contributed by atoms with E-state index in [0.717, 1.165) is 15.6 Å². The molecule has 3 rings (SSSR count). The Morgan fingerprint density at radius 3 is 2.60 bits per heavy atom. The molecule has 0 unspecified atom stereocenters. The summed E-state index contributed by atoms with van der Waals surface area (Å²) in [5.41, 5.74) is 1.67. The molecule has 1 fully saturated rings. The summed E-state index contributed by atoms with van der Waals surface area (Å²) in [7, 11) is 0. The van der Waals surface area contributed by atoms with Crippen molar-refractivity contribution >= 4 is 33.6 Å². The third-order valence-electron chi connectivity index (χ3n) is 4.49. The summed E-state index contributed by atoms with van der Waals surface area (Å²) in [4.78, 5) is 31.0. The van der Waals surface area contributed by atoms with Crippen molar-refractivity contribution in [3.8, 4) is 0 Å². The number of nitrogens with zero attached hydrogens (tertiary/aromatic N) is 2. The quantitative estimate of drug-likeness (QED) is 0.853. The lowest BCUT2D eigenvalue weighted by Crippen LogP contribution is -2.41. The van der Waals surface area contributed by atoms with E-state index < -0.39 is 0 Å². The largest absolute Gasteiger partial charge is 0.339 e. The molecule has 1 aromatic carbocycles. The van der Waals surface area contributed by atoms with Crippen LogP contribution in [0.1, 0.15) is 28.8 Å². The van der Waals surface area contributed by atoms with E-state index >= 15 is 0 Å². The molecule has 6 heteroatoms. The van der Waals surface area contributed by atoms with Crippen LogP contribution in [0.5, 0.6) is 0 Å². The highest BCUT2D eigenvalue weighted by molar-refractivity contribution is 9.10. The first-order chi connectivity index (χ1) is 12.0. The minimum absolute atomic E-state index is 0.0226. The molecule has 0 spiro atoms. The average Bonchev–Trinajstić information content (AvgIpc) is 2.62. The summed E-state index contributed by atoms with van der Waals surface area (Å²) in [6.07, 6.45) is 2.98. The molecule has 0 atom stereocenters. The van der Waals surface area contributed by atoms with Crippen molar-refractivity contribution in [2.45, 2.75) is 19.8 Å². The van der Waals surface area contributed by atoms with E-state index in [1.165, 1.54) is 0 Å². The van der Waals surface area contributed by atoms with Crippen molar-refractivity contribution in [1.29, 1.82) is 0 Å². The van der Waals surface area contributed by atoms with Crippen molar-refractivity contribution in [3.05, 3.63) is 58.2 Å². The van der Waals surface area contributed by atoms with Gasteiger partial charge >= 0.3 is 0 Å². The molecule has 1 N–H and O–H groups in total. The number of likely N-dealkylation sites (tertiary alicyclic amines) is 1. The topological polar surface area (TPSA) is 62.3 Å². The number of anilines is 1. The molecule has 130 valence electrons. The van der Waals surface area contributed by atoms with E-state index in [0.29, 0.717) is 31.7 Å². The summed E-state index contributed by atoms with van der Waals surface area (Å²) < 4.78 is 0.964. The van der Waals surface area contributed by atoms with E-state index in [4.69, 9.17) is 0 Å². The zero-order valence-corrected chi connectivity index (χ0v) is 15.6. The van der Waals surface area contributed by atoms with Gasteiger partial charge in [-0.05, 0) is 55.7 Å². The lowest BCUT2D eigenvalue weighted by Gasteiger charge is -2.31. The highest BCUT2D eigenvalue weighted by Gasteiger charge is 2.28. The summed E-state index contributed by atoms with van der Waals surface area (Å²) in [6, 6.07) is 11.1. The predicted molar refractivity (Wildman–Crippen MR) is 100 cm³/mol. The Morgan fingerprint density at radius 2 is 1.96 bits per heavy atom. The van der Waals surface area contributed by atoms with Crippen molar-refractivity contribution in [2.24, 2.45) is 5.92 Å². The van der Waals surface area contributed by atoms with Crippen LogP contribution in [0.25, 0.3) is 0 Å². The Kier molecular flexibility index (Phi) is 5.48. The molecule has 2 aromatic rings. The van der Waals surface area contributed by atoms with Gasteiger partial charge < -0.3 is 10.2 Å². The molecule has 5 nitrogen and oxygen atoms in total. The number of hydrogen-bond donors (Lipinski definition) is 1. The second kappa shape index (κ2) is 7.78. The Labute approximate surface area is 155 Å². The number of halogens is 1. The summed E-state index contributed by atoms with van der Waals surface area (Å²) >= 11 is 3.42. The van der Waals surface area contributed by atoms with Crippen LogP contribution < -0.4 is 5.32 Å². The molecular weight excluding hydrogens is 382 g/mol. The van der Waals surface area contributed by atoms with Gasteiger partial charge in [0.2, 0.25) is 5.91 Å². The second-order valence-electron chi connectivity index (χ2n) is 6.23. The smallest absolute Gasteiger partial charge is 0.254 e. The number of aryl methyl sites for hydroxylation is 1.